The van der Waals surface area contributed by atoms with Crippen molar-refractivity contribution in [1.29, 1.82) is 0 Å². The van der Waals surface area contributed by atoms with Crippen molar-refractivity contribution in [3.63, 3.8) is 0 Å². The SMILES string of the molecule is CC(O)c1cc(F)cc(Br)c1Cl. The van der Waals surface area contributed by atoms with Crippen LogP contribution in [-0.2, 0) is 0 Å². The fourth-order valence-corrected chi connectivity index (χ4v) is 1.59. The standard InChI is InChI=1S/C8H7BrClFO/c1-4(12)6-2-5(11)3-7(9)8(6)10/h2-4,12H,1H3. The van der Waals surface area contributed by atoms with E-state index in [1.54, 1.807) is 0 Å². The second kappa shape index (κ2) is 3.73. The average Bonchev–Trinajstić information content (AvgIpc) is 1.96. The first kappa shape index (κ1) is 9.96. The van der Waals surface area contributed by atoms with Gasteiger partial charge in [-0.05, 0) is 35.0 Å². The van der Waals surface area contributed by atoms with E-state index in [9.17, 15) is 9.50 Å². The molecule has 1 N–H and O–H groups in total. The molecular formula is C8H7BrClFO. The number of hydrogen-bond donors (Lipinski definition) is 1. The molecule has 1 aromatic rings. The van der Waals surface area contributed by atoms with Gasteiger partial charge in [0, 0.05) is 10.0 Å². The highest BCUT2D eigenvalue weighted by Crippen LogP contribution is 2.31. The van der Waals surface area contributed by atoms with E-state index in [2.05, 4.69) is 15.9 Å². The number of aliphatic hydroxyl groups excluding tert-OH is 1. The van der Waals surface area contributed by atoms with Gasteiger partial charge in [-0.25, -0.2) is 4.39 Å². The summed E-state index contributed by atoms with van der Waals surface area (Å²) in [4.78, 5) is 0. The minimum Gasteiger partial charge on any atom is -0.389 e. The quantitative estimate of drug-likeness (QED) is 0.762. The molecule has 0 spiro atoms. The van der Waals surface area contributed by atoms with Crippen LogP contribution < -0.4 is 0 Å². The van der Waals surface area contributed by atoms with Crippen LogP contribution in [0.3, 0.4) is 0 Å². The zero-order valence-corrected chi connectivity index (χ0v) is 8.66. The van der Waals surface area contributed by atoms with Crippen molar-refractivity contribution in [2.45, 2.75) is 13.0 Å². The van der Waals surface area contributed by atoms with Gasteiger partial charge in [-0.15, -0.1) is 0 Å². The molecule has 12 heavy (non-hydrogen) atoms. The fourth-order valence-electron chi connectivity index (χ4n) is 0.880. The number of benzene rings is 1. The summed E-state index contributed by atoms with van der Waals surface area (Å²) >= 11 is 8.87. The van der Waals surface area contributed by atoms with Crippen molar-refractivity contribution in [3.05, 3.63) is 33.0 Å². The molecule has 0 aromatic heterocycles. The number of halogens is 3. The van der Waals surface area contributed by atoms with Crippen LogP contribution in [0.2, 0.25) is 5.02 Å². The van der Waals surface area contributed by atoms with Gasteiger partial charge in [0.2, 0.25) is 0 Å². The van der Waals surface area contributed by atoms with Gasteiger partial charge in [0.25, 0.3) is 0 Å². The maximum Gasteiger partial charge on any atom is 0.124 e. The average molecular weight is 253 g/mol. The van der Waals surface area contributed by atoms with Crippen molar-refractivity contribution >= 4 is 27.5 Å². The Balaban J connectivity index is 3.28. The van der Waals surface area contributed by atoms with Gasteiger partial charge in [0.1, 0.15) is 5.82 Å². The lowest BCUT2D eigenvalue weighted by Gasteiger charge is -2.08. The van der Waals surface area contributed by atoms with Crippen LogP contribution in [-0.4, -0.2) is 5.11 Å². The smallest absolute Gasteiger partial charge is 0.124 e. The summed E-state index contributed by atoms with van der Waals surface area (Å²) < 4.78 is 13.2. The highest BCUT2D eigenvalue weighted by molar-refractivity contribution is 9.10. The first-order valence-corrected chi connectivity index (χ1v) is 4.52. The molecule has 1 aromatic carbocycles. The van der Waals surface area contributed by atoms with E-state index in [0.29, 0.717) is 15.1 Å². The fraction of sp³-hybridized carbons (Fsp3) is 0.250. The number of hydrogen-bond acceptors (Lipinski definition) is 1. The molecule has 0 bridgehead atoms. The summed E-state index contributed by atoms with van der Waals surface area (Å²) in [5.41, 5.74) is 0.392. The Bertz CT molecular complexity index is 301. The van der Waals surface area contributed by atoms with Crippen LogP contribution in [0.5, 0.6) is 0 Å². The molecule has 0 aliphatic heterocycles. The highest BCUT2D eigenvalue weighted by atomic mass is 79.9. The Labute approximate surface area is 83.3 Å². The molecule has 0 radical (unpaired) electrons. The molecule has 0 saturated carbocycles. The van der Waals surface area contributed by atoms with E-state index < -0.39 is 11.9 Å². The van der Waals surface area contributed by atoms with Gasteiger partial charge in [-0.2, -0.15) is 0 Å². The zero-order valence-electron chi connectivity index (χ0n) is 6.31. The summed E-state index contributed by atoms with van der Waals surface area (Å²) in [6.45, 7) is 1.53. The molecule has 0 aliphatic rings. The zero-order chi connectivity index (χ0) is 9.30. The minimum atomic E-state index is -0.760. The molecule has 0 aliphatic carbocycles. The number of rotatable bonds is 1. The normalized spacial score (nSPS) is 13.1. The first-order valence-electron chi connectivity index (χ1n) is 3.35. The highest BCUT2D eigenvalue weighted by Gasteiger charge is 2.11. The predicted octanol–water partition coefficient (Wildman–Crippen LogP) is 3.29. The van der Waals surface area contributed by atoms with Gasteiger partial charge in [-0.1, -0.05) is 11.6 Å². The van der Waals surface area contributed by atoms with Crippen molar-refractivity contribution in [1.82, 2.24) is 0 Å². The Morgan fingerprint density at radius 2 is 2.17 bits per heavy atom. The molecule has 1 nitrogen and oxygen atoms in total. The predicted molar refractivity (Wildman–Crippen MR) is 49.7 cm³/mol. The van der Waals surface area contributed by atoms with Gasteiger partial charge in [0.15, 0.2) is 0 Å². The van der Waals surface area contributed by atoms with Crippen LogP contribution >= 0.6 is 27.5 Å². The van der Waals surface area contributed by atoms with Gasteiger partial charge >= 0.3 is 0 Å². The molecule has 0 heterocycles. The lowest BCUT2D eigenvalue weighted by molar-refractivity contribution is 0.199. The molecule has 1 atom stereocenters. The van der Waals surface area contributed by atoms with E-state index in [-0.39, 0.29) is 0 Å². The Morgan fingerprint density at radius 3 is 2.67 bits per heavy atom. The van der Waals surface area contributed by atoms with Gasteiger partial charge in [-0.3, -0.25) is 0 Å². The van der Waals surface area contributed by atoms with Crippen molar-refractivity contribution in [2.75, 3.05) is 0 Å². The maximum absolute atomic E-state index is 12.8. The Hall–Kier alpha value is -0.120. The minimum absolute atomic E-state index is 0.353. The third-order valence-electron chi connectivity index (χ3n) is 1.47. The second-order valence-corrected chi connectivity index (χ2v) is 3.70. The summed E-state index contributed by atoms with van der Waals surface area (Å²) in [5.74, 6) is -0.415. The number of aliphatic hydroxyl groups is 1. The van der Waals surface area contributed by atoms with Crippen molar-refractivity contribution in [2.24, 2.45) is 0 Å². The third-order valence-corrected chi connectivity index (χ3v) is 2.75. The van der Waals surface area contributed by atoms with E-state index >= 15 is 0 Å². The molecule has 0 saturated heterocycles. The second-order valence-electron chi connectivity index (χ2n) is 2.47. The summed E-state index contributed by atoms with van der Waals surface area (Å²) in [7, 11) is 0. The molecule has 1 unspecified atom stereocenters. The Morgan fingerprint density at radius 1 is 1.58 bits per heavy atom. The van der Waals surface area contributed by atoms with Crippen LogP contribution in [0.25, 0.3) is 0 Å². The molecule has 4 heteroatoms. The molecule has 0 amide bonds. The molecule has 0 fully saturated rings. The van der Waals surface area contributed by atoms with Crippen LogP contribution in [0, 0.1) is 5.82 Å². The summed E-state index contributed by atoms with van der Waals surface area (Å²) in [6.07, 6.45) is -0.760. The summed E-state index contributed by atoms with van der Waals surface area (Å²) in [6, 6.07) is 2.48. The molecule has 66 valence electrons. The van der Waals surface area contributed by atoms with Crippen LogP contribution in [0.15, 0.2) is 16.6 Å². The van der Waals surface area contributed by atoms with Gasteiger partial charge < -0.3 is 5.11 Å². The van der Waals surface area contributed by atoms with E-state index in [1.165, 1.54) is 19.1 Å². The maximum atomic E-state index is 12.8. The van der Waals surface area contributed by atoms with Crippen molar-refractivity contribution < 1.29 is 9.50 Å². The first-order chi connectivity index (χ1) is 5.52. The van der Waals surface area contributed by atoms with E-state index in [0.717, 1.165) is 0 Å². The lowest BCUT2D eigenvalue weighted by Crippen LogP contribution is -1.94. The summed E-state index contributed by atoms with van der Waals surface area (Å²) in [5, 5.41) is 9.53. The topological polar surface area (TPSA) is 20.2 Å². The van der Waals surface area contributed by atoms with E-state index in [4.69, 9.17) is 11.6 Å². The van der Waals surface area contributed by atoms with Crippen LogP contribution in [0.1, 0.15) is 18.6 Å². The third kappa shape index (κ3) is 1.97. The molecule has 1 rings (SSSR count). The monoisotopic (exact) mass is 252 g/mol. The van der Waals surface area contributed by atoms with E-state index in [1.807, 2.05) is 0 Å². The van der Waals surface area contributed by atoms with Crippen molar-refractivity contribution in [3.8, 4) is 0 Å². The molecular weight excluding hydrogens is 246 g/mol. The van der Waals surface area contributed by atoms with Gasteiger partial charge in [0.05, 0.1) is 11.1 Å². The Kier molecular flexibility index (Phi) is 3.09. The van der Waals surface area contributed by atoms with Crippen LogP contribution in [0.4, 0.5) is 4.39 Å². The lowest BCUT2D eigenvalue weighted by atomic mass is 10.1. The largest absolute Gasteiger partial charge is 0.389 e.